The summed E-state index contributed by atoms with van der Waals surface area (Å²) in [5.74, 6) is 0. The zero-order valence-electron chi connectivity index (χ0n) is 15.8. The molecule has 6 heteroatoms. The zero-order chi connectivity index (χ0) is 19.8. The third-order valence-corrected chi connectivity index (χ3v) is 4.80. The van der Waals surface area contributed by atoms with E-state index in [4.69, 9.17) is 0 Å². The Hall–Kier alpha value is -3.12. The quantitative estimate of drug-likeness (QED) is 0.330. The number of rotatable bonds is 10. The summed E-state index contributed by atoms with van der Waals surface area (Å²) < 4.78 is 0. The Bertz CT molecular complexity index is 836. The minimum absolute atomic E-state index is 0.179. The lowest BCUT2D eigenvalue weighted by molar-refractivity contribution is 0.288. The van der Waals surface area contributed by atoms with Crippen LogP contribution in [0.2, 0.25) is 0 Å². The van der Waals surface area contributed by atoms with Crippen LogP contribution in [-0.2, 0) is 6.42 Å². The maximum Gasteiger partial charge on any atom is 0.0994 e. The van der Waals surface area contributed by atoms with Gasteiger partial charge in [-0.3, -0.25) is 0 Å². The van der Waals surface area contributed by atoms with Gasteiger partial charge in [-0.15, -0.1) is 4.91 Å². The van der Waals surface area contributed by atoms with Gasteiger partial charge in [-0.05, 0) is 48.6 Å². The molecule has 2 aromatic carbocycles. The molecule has 0 fully saturated rings. The molecule has 0 spiro atoms. The molecule has 0 radical (unpaired) electrons. The first-order chi connectivity index (χ1) is 13.7. The van der Waals surface area contributed by atoms with Crippen LogP contribution in [0.1, 0.15) is 24.0 Å². The van der Waals surface area contributed by atoms with Crippen molar-refractivity contribution in [2.75, 3.05) is 23.4 Å². The predicted molar refractivity (Wildman–Crippen MR) is 115 cm³/mol. The molecule has 0 saturated heterocycles. The van der Waals surface area contributed by atoms with Crippen molar-refractivity contribution >= 4 is 17.5 Å². The number of fused-ring (bicyclic) bond motifs is 1. The molecule has 28 heavy (non-hydrogen) atoms. The monoisotopic (exact) mass is 378 g/mol. The van der Waals surface area contributed by atoms with Crippen LogP contribution >= 0.6 is 0 Å². The largest absolute Gasteiger partial charge is 0.396 e. The standard InChI is InChI=1S/C22H26N4O2/c1-17(24-25-28)8-9-19-10-12-21-20(16-19)23-22(26(21)14-5-15-27)13-11-18-6-3-2-4-7-18/h2-4,6-10,12,16,22-23,27H,1,5,11,13-15H2,(H,24,28)/b9-8+. The Morgan fingerprint density at radius 2 is 2.11 bits per heavy atom. The van der Waals surface area contributed by atoms with Crippen LogP contribution in [0.3, 0.4) is 0 Å². The van der Waals surface area contributed by atoms with E-state index in [0.717, 1.165) is 42.7 Å². The van der Waals surface area contributed by atoms with Gasteiger partial charge in [0.05, 0.1) is 28.5 Å². The van der Waals surface area contributed by atoms with Crippen molar-refractivity contribution < 1.29 is 5.11 Å². The Balaban J connectivity index is 1.73. The van der Waals surface area contributed by atoms with Gasteiger partial charge in [0.1, 0.15) is 0 Å². The summed E-state index contributed by atoms with van der Waals surface area (Å²) in [4.78, 5) is 12.5. The fourth-order valence-corrected chi connectivity index (χ4v) is 3.43. The highest BCUT2D eigenvalue weighted by Crippen LogP contribution is 2.37. The lowest BCUT2D eigenvalue weighted by Crippen LogP contribution is -2.37. The third kappa shape index (κ3) is 4.98. The molecule has 3 rings (SSSR count). The summed E-state index contributed by atoms with van der Waals surface area (Å²) in [6.45, 7) is 4.68. The van der Waals surface area contributed by atoms with Gasteiger partial charge < -0.3 is 15.3 Å². The predicted octanol–water partition coefficient (Wildman–Crippen LogP) is 4.06. The number of nitrogens with one attached hydrogen (secondary N) is 2. The van der Waals surface area contributed by atoms with Crippen molar-refractivity contribution in [1.82, 2.24) is 5.43 Å². The second-order valence-electron chi connectivity index (χ2n) is 6.79. The van der Waals surface area contributed by atoms with Gasteiger partial charge in [0, 0.05) is 13.2 Å². The first-order valence-corrected chi connectivity index (χ1v) is 9.48. The van der Waals surface area contributed by atoms with E-state index in [-0.39, 0.29) is 12.8 Å². The van der Waals surface area contributed by atoms with Gasteiger partial charge in [-0.2, -0.15) is 0 Å². The van der Waals surface area contributed by atoms with E-state index in [1.54, 1.807) is 6.08 Å². The van der Waals surface area contributed by atoms with Crippen LogP contribution in [0.5, 0.6) is 0 Å². The number of allylic oxidation sites excluding steroid dienone is 1. The SMILES string of the molecule is C=C(/C=C/c1ccc2c(c1)NC(CCc1ccccc1)N2CCCO)NN=O. The second-order valence-corrected chi connectivity index (χ2v) is 6.79. The van der Waals surface area contributed by atoms with E-state index in [2.05, 4.69) is 63.9 Å². The van der Waals surface area contributed by atoms with Crippen molar-refractivity contribution in [3.05, 3.63) is 82.9 Å². The van der Waals surface area contributed by atoms with Crippen molar-refractivity contribution in [1.29, 1.82) is 0 Å². The number of aryl methyl sites for hydroxylation is 1. The Kier molecular flexibility index (Phi) is 6.81. The molecule has 2 aromatic rings. The molecule has 1 aliphatic rings. The molecular formula is C22H26N4O2. The topological polar surface area (TPSA) is 77.0 Å². The minimum atomic E-state index is 0.179. The third-order valence-electron chi connectivity index (χ3n) is 4.80. The number of aliphatic hydroxyl groups is 1. The normalized spacial score (nSPS) is 15.3. The fraction of sp³-hybridized carbons (Fsp3) is 0.273. The summed E-state index contributed by atoms with van der Waals surface area (Å²) in [7, 11) is 0. The molecule has 0 amide bonds. The van der Waals surface area contributed by atoms with Gasteiger partial charge in [0.15, 0.2) is 0 Å². The minimum Gasteiger partial charge on any atom is -0.396 e. The first-order valence-electron chi connectivity index (χ1n) is 9.48. The molecule has 1 aliphatic heterocycles. The molecule has 1 unspecified atom stereocenters. The van der Waals surface area contributed by atoms with Crippen molar-refractivity contribution in [3.8, 4) is 0 Å². The van der Waals surface area contributed by atoms with Gasteiger partial charge in [-0.1, -0.05) is 49.1 Å². The zero-order valence-corrected chi connectivity index (χ0v) is 15.8. The van der Waals surface area contributed by atoms with Crippen LogP contribution in [0.4, 0.5) is 11.4 Å². The number of benzene rings is 2. The number of aliphatic hydroxyl groups excluding tert-OH is 1. The van der Waals surface area contributed by atoms with E-state index < -0.39 is 0 Å². The lowest BCUT2D eigenvalue weighted by atomic mass is 10.1. The highest BCUT2D eigenvalue weighted by molar-refractivity contribution is 5.79. The first kappa shape index (κ1) is 19.6. The summed E-state index contributed by atoms with van der Waals surface area (Å²) >= 11 is 0. The fourth-order valence-electron chi connectivity index (χ4n) is 3.43. The molecular weight excluding hydrogens is 352 g/mol. The van der Waals surface area contributed by atoms with Gasteiger partial charge in [0.2, 0.25) is 0 Å². The molecule has 1 atom stereocenters. The summed E-state index contributed by atoms with van der Waals surface area (Å²) in [5.41, 5.74) is 7.27. The van der Waals surface area contributed by atoms with Crippen LogP contribution in [-0.4, -0.2) is 24.4 Å². The smallest absolute Gasteiger partial charge is 0.0994 e. The van der Waals surface area contributed by atoms with Gasteiger partial charge >= 0.3 is 0 Å². The van der Waals surface area contributed by atoms with Crippen molar-refractivity contribution in [2.24, 2.45) is 5.29 Å². The van der Waals surface area contributed by atoms with E-state index in [9.17, 15) is 10.0 Å². The number of nitroso groups, excluding NO2 is 1. The number of anilines is 2. The lowest BCUT2D eigenvalue weighted by Gasteiger charge is -2.26. The van der Waals surface area contributed by atoms with Crippen molar-refractivity contribution in [3.63, 3.8) is 0 Å². The Labute approximate surface area is 165 Å². The summed E-state index contributed by atoms with van der Waals surface area (Å²) in [5, 5.41) is 15.5. The average Bonchev–Trinajstić information content (AvgIpc) is 3.06. The number of hydrogen-bond acceptors (Lipinski definition) is 5. The molecule has 0 aromatic heterocycles. The summed E-state index contributed by atoms with van der Waals surface area (Å²) in [6.07, 6.45) is 6.48. The average molecular weight is 378 g/mol. The van der Waals surface area contributed by atoms with Crippen molar-refractivity contribution in [2.45, 2.75) is 25.4 Å². The molecule has 0 aliphatic carbocycles. The van der Waals surface area contributed by atoms with E-state index in [1.165, 1.54) is 5.56 Å². The molecule has 146 valence electrons. The highest BCUT2D eigenvalue weighted by atomic mass is 16.3. The van der Waals surface area contributed by atoms with E-state index in [1.807, 2.05) is 18.2 Å². The van der Waals surface area contributed by atoms with E-state index >= 15 is 0 Å². The maximum atomic E-state index is 10.2. The molecule has 1 heterocycles. The van der Waals surface area contributed by atoms with E-state index in [0.29, 0.717) is 5.70 Å². The number of hydrogen-bond donors (Lipinski definition) is 3. The molecule has 0 saturated carbocycles. The molecule has 3 N–H and O–H groups in total. The van der Waals surface area contributed by atoms with Crippen LogP contribution in [0.25, 0.3) is 6.08 Å². The molecule has 0 bridgehead atoms. The number of nitrogens with zero attached hydrogens (tertiary/aromatic N) is 2. The second kappa shape index (κ2) is 9.71. The Morgan fingerprint density at radius 1 is 1.29 bits per heavy atom. The summed E-state index contributed by atoms with van der Waals surface area (Å²) in [6, 6.07) is 16.7. The Morgan fingerprint density at radius 3 is 2.86 bits per heavy atom. The van der Waals surface area contributed by atoms with Gasteiger partial charge in [0.25, 0.3) is 0 Å². The molecule has 6 nitrogen and oxygen atoms in total. The maximum absolute atomic E-state index is 10.2. The highest BCUT2D eigenvalue weighted by Gasteiger charge is 2.27. The van der Waals surface area contributed by atoms with Crippen LogP contribution in [0, 0.1) is 4.91 Å². The van der Waals surface area contributed by atoms with Crippen LogP contribution < -0.4 is 15.6 Å². The van der Waals surface area contributed by atoms with Gasteiger partial charge in [-0.25, -0.2) is 5.43 Å². The van der Waals surface area contributed by atoms with Crippen LogP contribution in [0.15, 0.2) is 72.2 Å².